The Bertz CT molecular complexity index is 697. The van der Waals surface area contributed by atoms with E-state index in [2.05, 4.69) is 29.0 Å². The molecule has 0 aromatic heterocycles. The van der Waals surface area contributed by atoms with E-state index in [1.54, 1.807) is 0 Å². The van der Waals surface area contributed by atoms with Crippen LogP contribution in [0.2, 0.25) is 0 Å². The Morgan fingerprint density at radius 1 is 0.921 bits per heavy atom. The van der Waals surface area contributed by atoms with E-state index < -0.39 is 36.4 Å². The van der Waals surface area contributed by atoms with Crippen molar-refractivity contribution < 1.29 is 34.8 Å². The monoisotopic (exact) mass is 538 g/mol. The van der Waals surface area contributed by atoms with E-state index in [0.717, 1.165) is 19.6 Å². The van der Waals surface area contributed by atoms with Crippen LogP contribution in [0.15, 0.2) is 17.1 Å². The fourth-order valence-corrected chi connectivity index (χ4v) is 4.22. The number of aliphatic imine (C=N–C) groups is 1. The molecule has 1 atom stereocenters. The third-order valence-electron chi connectivity index (χ3n) is 6.51. The maximum Gasteiger partial charge on any atom is 0.114 e. The van der Waals surface area contributed by atoms with E-state index in [-0.39, 0.29) is 0 Å². The normalized spacial score (nSPS) is 13.9. The fourth-order valence-electron chi connectivity index (χ4n) is 4.22. The highest BCUT2D eigenvalue weighted by Crippen LogP contribution is 2.14. The molecular weight excluding hydrogens is 490 g/mol. The molecule has 0 fully saturated rings. The minimum atomic E-state index is -2.97. The Labute approximate surface area is 228 Å². The van der Waals surface area contributed by atoms with Gasteiger partial charge in [0.15, 0.2) is 0 Å². The number of aliphatic carboxylic acids is 3. The second-order valence-corrected chi connectivity index (χ2v) is 9.94. The highest BCUT2D eigenvalue weighted by atomic mass is 16.4. The van der Waals surface area contributed by atoms with Crippen LogP contribution in [0.5, 0.6) is 0 Å². The molecule has 0 amide bonds. The van der Waals surface area contributed by atoms with E-state index >= 15 is 0 Å². The van der Waals surface area contributed by atoms with Crippen molar-refractivity contribution >= 4 is 24.2 Å². The minimum absolute atomic E-state index is 0.510. The lowest BCUT2D eigenvalue weighted by Gasteiger charge is -2.29. The Hall–Kier alpha value is -2.46. The van der Waals surface area contributed by atoms with Crippen molar-refractivity contribution in [3.63, 3.8) is 0 Å². The Morgan fingerprint density at radius 3 is 1.84 bits per heavy atom. The number of aliphatic hydroxyl groups is 1. The van der Waals surface area contributed by atoms with Gasteiger partial charge in [0.1, 0.15) is 5.60 Å². The first-order chi connectivity index (χ1) is 18.2. The Balaban J connectivity index is 0.000000889. The van der Waals surface area contributed by atoms with Crippen molar-refractivity contribution in [1.82, 2.24) is 4.90 Å². The van der Waals surface area contributed by atoms with Gasteiger partial charge >= 0.3 is 0 Å². The summed E-state index contributed by atoms with van der Waals surface area (Å²) in [4.78, 5) is 36.6. The number of allylic oxidation sites excluding steroid dienone is 2. The highest BCUT2D eigenvalue weighted by Gasteiger charge is 2.29. The first-order valence-corrected chi connectivity index (χ1v) is 14.1. The predicted molar refractivity (Wildman–Crippen MR) is 142 cm³/mol. The van der Waals surface area contributed by atoms with E-state index in [1.165, 1.54) is 89.9 Å². The fraction of sp³-hybridized carbons (Fsp3) is 0.786. The van der Waals surface area contributed by atoms with Crippen LogP contribution >= 0.6 is 0 Å². The number of carbonyl (C=O) groups excluding carboxylic acids is 3. The summed E-state index contributed by atoms with van der Waals surface area (Å²) in [5, 5.41) is 38.9. The molecule has 0 spiro atoms. The number of nitrogens with two attached hydrogens (primary N) is 1. The van der Waals surface area contributed by atoms with Crippen LogP contribution in [0.4, 0.5) is 0 Å². The maximum atomic E-state index is 10.1. The summed E-state index contributed by atoms with van der Waals surface area (Å²) in [7, 11) is 0. The van der Waals surface area contributed by atoms with E-state index in [0.29, 0.717) is 6.04 Å². The van der Waals surface area contributed by atoms with E-state index in [9.17, 15) is 29.7 Å². The van der Waals surface area contributed by atoms with Gasteiger partial charge in [-0.1, -0.05) is 76.9 Å². The number of nitrogens with zero attached hydrogens (tertiary/aromatic N) is 2. The van der Waals surface area contributed by atoms with Crippen molar-refractivity contribution in [2.24, 2.45) is 10.7 Å². The van der Waals surface area contributed by atoms with Gasteiger partial charge < -0.3 is 45.4 Å². The van der Waals surface area contributed by atoms with Gasteiger partial charge in [-0.25, -0.2) is 0 Å². The van der Waals surface area contributed by atoms with Crippen LogP contribution in [0, 0.1) is 0 Å². The van der Waals surface area contributed by atoms with Crippen molar-refractivity contribution in [3.05, 3.63) is 12.2 Å². The number of unbranched alkanes of at least 4 members (excludes halogenated alkanes) is 11. The van der Waals surface area contributed by atoms with Gasteiger partial charge in [0.2, 0.25) is 0 Å². The van der Waals surface area contributed by atoms with Gasteiger partial charge in [0.05, 0.1) is 18.9 Å². The van der Waals surface area contributed by atoms with Crippen molar-refractivity contribution in [2.75, 3.05) is 19.6 Å². The molecule has 1 aliphatic heterocycles. The average Bonchev–Trinajstić information content (AvgIpc) is 3.38. The standard InChI is InChI=1S/C22H43N3.C6H8O7/c1-2-3-4-5-6-7-8-9-10-11-12-13-14-15-16-17-22(20-23)25-19-18-24-21-25;7-3(8)1-6(13,5(11)12)2-4(9)10/h9-10,21-22H,2-8,11-20,23H2,1H3;13H,1-2H2,(H,7,8)(H,9,10)(H,11,12)/p-3. The summed E-state index contributed by atoms with van der Waals surface area (Å²) >= 11 is 0. The minimum Gasteiger partial charge on any atom is -0.550 e. The molecule has 10 heteroatoms. The van der Waals surface area contributed by atoms with Crippen molar-refractivity contribution in [2.45, 2.75) is 121 Å². The molecule has 1 rings (SSSR count). The van der Waals surface area contributed by atoms with Gasteiger partial charge in [-0.2, -0.15) is 0 Å². The highest BCUT2D eigenvalue weighted by molar-refractivity contribution is 5.86. The molecule has 3 N–H and O–H groups in total. The number of carboxylic acid groups (broad SMARTS) is 3. The molecule has 10 nitrogen and oxygen atoms in total. The van der Waals surface area contributed by atoms with Crippen LogP contribution in [-0.4, -0.2) is 65.5 Å². The molecule has 0 bridgehead atoms. The average molecular weight is 539 g/mol. The lowest BCUT2D eigenvalue weighted by atomic mass is 9.96. The molecule has 0 saturated heterocycles. The molecule has 38 heavy (non-hydrogen) atoms. The van der Waals surface area contributed by atoms with Crippen LogP contribution in [0.3, 0.4) is 0 Å². The predicted octanol–water partition coefficient (Wildman–Crippen LogP) is 0.443. The second kappa shape index (κ2) is 22.5. The van der Waals surface area contributed by atoms with Crippen molar-refractivity contribution in [3.8, 4) is 0 Å². The smallest absolute Gasteiger partial charge is 0.114 e. The van der Waals surface area contributed by atoms with Crippen LogP contribution in [0.25, 0.3) is 0 Å². The SMILES string of the molecule is CCCCCCCCC=CCCCCCCCC(CN)N1C=NCC1.O=C([O-])CC(O)(CC(=O)[O-])C(=O)[O-]. The van der Waals surface area contributed by atoms with Gasteiger partial charge in [-0.05, 0) is 32.1 Å². The molecule has 1 heterocycles. The topological polar surface area (TPSA) is 182 Å². The number of hydrogen-bond donors (Lipinski definition) is 2. The molecular formula is C28H48N3O7-3. The van der Waals surface area contributed by atoms with E-state index in [1.807, 2.05) is 6.34 Å². The third-order valence-corrected chi connectivity index (χ3v) is 6.51. The summed E-state index contributed by atoms with van der Waals surface area (Å²) in [6.07, 6.45) is 23.0. The summed E-state index contributed by atoms with van der Waals surface area (Å²) < 4.78 is 0. The second-order valence-electron chi connectivity index (χ2n) is 9.94. The van der Waals surface area contributed by atoms with Crippen LogP contribution in [0.1, 0.15) is 110 Å². The lowest BCUT2D eigenvalue weighted by molar-refractivity contribution is -0.339. The first kappa shape index (κ1) is 35.5. The summed E-state index contributed by atoms with van der Waals surface area (Å²) in [6, 6.07) is 0.510. The Kier molecular flexibility index (Phi) is 21.1. The zero-order valence-corrected chi connectivity index (χ0v) is 23.1. The molecule has 220 valence electrons. The molecule has 1 aliphatic rings. The third kappa shape index (κ3) is 18.7. The molecule has 0 aromatic carbocycles. The Morgan fingerprint density at radius 2 is 1.42 bits per heavy atom. The molecule has 0 saturated carbocycles. The number of carboxylic acids is 3. The van der Waals surface area contributed by atoms with Crippen molar-refractivity contribution in [1.29, 1.82) is 0 Å². The number of rotatable bonds is 22. The summed E-state index contributed by atoms with van der Waals surface area (Å²) in [5.74, 6) is -5.98. The van der Waals surface area contributed by atoms with Gasteiger partial charge in [-0.3, -0.25) is 4.99 Å². The van der Waals surface area contributed by atoms with Crippen LogP contribution in [-0.2, 0) is 14.4 Å². The molecule has 1 unspecified atom stereocenters. The number of carbonyl (C=O) groups is 3. The van der Waals surface area contributed by atoms with E-state index in [4.69, 9.17) is 10.8 Å². The zero-order chi connectivity index (χ0) is 28.7. The molecule has 0 aliphatic carbocycles. The van der Waals surface area contributed by atoms with Crippen LogP contribution < -0.4 is 21.1 Å². The van der Waals surface area contributed by atoms with Gasteiger partial charge in [0.25, 0.3) is 0 Å². The number of hydrogen-bond acceptors (Lipinski definition) is 10. The quantitative estimate of drug-likeness (QED) is 0.146. The zero-order valence-electron chi connectivity index (χ0n) is 23.1. The maximum absolute atomic E-state index is 10.1. The van der Waals surface area contributed by atoms with Gasteiger partial charge in [-0.15, -0.1) is 0 Å². The van der Waals surface area contributed by atoms with Gasteiger partial charge in [0, 0.05) is 43.9 Å². The summed E-state index contributed by atoms with van der Waals surface area (Å²) in [6.45, 7) is 5.05. The molecule has 0 radical (unpaired) electrons. The lowest BCUT2D eigenvalue weighted by Crippen LogP contribution is -2.54. The molecule has 0 aromatic rings. The first-order valence-electron chi connectivity index (χ1n) is 14.1. The largest absolute Gasteiger partial charge is 0.550 e. The summed E-state index contributed by atoms with van der Waals surface area (Å²) in [5.41, 5.74) is 2.93.